The Morgan fingerprint density at radius 1 is 1.19 bits per heavy atom. The first kappa shape index (κ1) is 19.3. The van der Waals surface area contributed by atoms with Crippen LogP contribution in [-0.4, -0.2) is 39.4 Å². The van der Waals surface area contributed by atoms with Gasteiger partial charge in [-0.05, 0) is 34.6 Å². The highest BCUT2D eigenvalue weighted by Gasteiger charge is 2.48. The molecular formula is C22H32ClN2O+. The second-order valence-corrected chi connectivity index (χ2v) is 8.74. The molecule has 1 aromatic rings. The highest BCUT2D eigenvalue weighted by molar-refractivity contribution is 6.20. The van der Waals surface area contributed by atoms with Crippen molar-refractivity contribution < 1.29 is 9.31 Å². The zero-order valence-corrected chi connectivity index (χ0v) is 17.7. The Morgan fingerprint density at radius 3 is 2.54 bits per heavy atom. The number of nitrogens with zero attached hydrogens (tertiary/aromatic N) is 2. The molecule has 142 valence electrons. The molecular weight excluding hydrogens is 344 g/mol. The quantitative estimate of drug-likeness (QED) is 0.505. The maximum atomic E-state index is 6.51. The Kier molecular flexibility index (Phi) is 5.13. The third-order valence-corrected chi connectivity index (χ3v) is 6.48. The van der Waals surface area contributed by atoms with E-state index in [1.165, 1.54) is 29.8 Å². The van der Waals surface area contributed by atoms with E-state index in [-0.39, 0.29) is 16.5 Å². The molecule has 0 radical (unpaired) electrons. The van der Waals surface area contributed by atoms with Gasteiger partial charge < -0.3 is 9.64 Å². The van der Waals surface area contributed by atoms with Crippen molar-refractivity contribution in [3.05, 3.63) is 41.8 Å². The van der Waals surface area contributed by atoms with Gasteiger partial charge in [-0.3, -0.25) is 0 Å². The van der Waals surface area contributed by atoms with Crippen LogP contribution < -0.4 is 0 Å². The van der Waals surface area contributed by atoms with Crippen LogP contribution >= 0.6 is 11.6 Å². The minimum absolute atomic E-state index is 0.0609. The predicted octanol–water partition coefficient (Wildman–Crippen LogP) is 5.40. The topological polar surface area (TPSA) is 15.5 Å². The first-order valence-corrected chi connectivity index (χ1v) is 10.2. The van der Waals surface area contributed by atoms with E-state index in [1.807, 2.05) is 0 Å². The molecule has 0 saturated carbocycles. The number of ether oxygens (including phenoxy) is 1. The molecule has 2 heterocycles. The van der Waals surface area contributed by atoms with Gasteiger partial charge in [0.2, 0.25) is 5.69 Å². The van der Waals surface area contributed by atoms with Crippen molar-refractivity contribution in [3.8, 4) is 0 Å². The molecule has 0 aliphatic carbocycles. The lowest BCUT2D eigenvalue weighted by molar-refractivity contribution is -0.438. The van der Waals surface area contributed by atoms with Gasteiger partial charge in [0, 0.05) is 24.6 Å². The average molecular weight is 376 g/mol. The smallest absolute Gasteiger partial charge is 0.209 e. The first-order chi connectivity index (χ1) is 12.2. The fourth-order valence-electron chi connectivity index (χ4n) is 4.17. The molecule has 3 nitrogen and oxygen atoms in total. The Bertz CT molecular complexity index is 748. The third kappa shape index (κ3) is 2.94. The van der Waals surface area contributed by atoms with Gasteiger partial charge in [0.15, 0.2) is 17.2 Å². The molecule has 0 amide bonds. The first-order valence-electron chi connectivity index (χ1n) is 9.79. The van der Waals surface area contributed by atoms with Crippen molar-refractivity contribution in [1.29, 1.82) is 0 Å². The van der Waals surface area contributed by atoms with Crippen molar-refractivity contribution >= 4 is 23.0 Å². The van der Waals surface area contributed by atoms with Gasteiger partial charge in [0.1, 0.15) is 6.54 Å². The second kappa shape index (κ2) is 6.92. The van der Waals surface area contributed by atoms with Crippen molar-refractivity contribution in [3.63, 3.8) is 0 Å². The van der Waals surface area contributed by atoms with E-state index < -0.39 is 0 Å². The summed E-state index contributed by atoms with van der Waals surface area (Å²) in [5.41, 5.74) is 3.37. The molecule has 0 bridgehead atoms. The lowest BCUT2D eigenvalue weighted by Gasteiger charge is -2.30. The molecule has 1 fully saturated rings. The Morgan fingerprint density at radius 2 is 1.88 bits per heavy atom. The van der Waals surface area contributed by atoms with Gasteiger partial charge in [-0.25, -0.2) is 0 Å². The zero-order valence-electron chi connectivity index (χ0n) is 17.0. The van der Waals surface area contributed by atoms with Crippen LogP contribution in [0.2, 0.25) is 0 Å². The molecule has 1 saturated heterocycles. The van der Waals surface area contributed by atoms with Gasteiger partial charge in [0.05, 0.1) is 17.0 Å². The molecule has 26 heavy (non-hydrogen) atoms. The normalized spacial score (nSPS) is 25.0. The standard InChI is InChI=1S/C22H32ClN2O/c1-7-9-14-24-17-13-11-10-12-16(17)21(3,4)18(24)15-19-25(8-2)22(5,6)20(23)26-19/h10-13,15,20H,7-9,14H2,1-6H3/q+1. The maximum Gasteiger partial charge on any atom is 0.209 e. The summed E-state index contributed by atoms with van der Waals surface area (Å²) in [4.78, 5) is 2.27. The summed E-state index contributed by atoms with van der Waals surface area (Å²) in [5, 5.41) is 0. The summed E-state index contributed by atoms with van der Waals surface area (Å²) >= 11 is 6.51. The number of rotatable bonds is 5. The molecule has 2 aliphatic heterocycles. The lowest BCUT2D eigenvalue weighted by Crippen LogP contribution is -2.42. The SMILES string of the molecule is CCCC[N+]1=C(/C=C2\OC(Cl)C(C)(C)N2CC)C(C)(C)c2ccccc21. The summed E-state index contributed by atoms with van der Waals surface area (Å²) < 4.78 is 8.56. The van der Waals surface area contributed by atoms with Gasteiger partial charge >= 0.3 is 0 Å². The Balaban J connectivity index is 2.12. The molecule has 2 aliphatic rings. The van der Waals surface area contributed by atoms with E-state index in [9.17, 15) is 0 Å². The molecule has 1 unspecified atom stereocenters. The number of halogens is 1. The summed E-state index contributed by atoms with van der Waals surface area (Å²) in [6.07, 6.45) is 4.57. The van der Waals surface area contributed by atoms with Gasteiger partial charge in [-0.1, -0.05) is 43.1 Å². The number of allylic oxidation sites excluding steroid dienone is 1. The summed E-state index contributed by atoms with van der Waals surface area (Å²) in [5.74, 6) is 0.884. The summed E-state index contributed by atoms with van der Waals surface area (Å²) in [7, 11) is 0. The number of likely N-dealkylation sites (N-methyl/N-ethyl adjacent to an activating group) is 1. The zero-order chi connectivity index (χ0) is 19.1. The second-order valence-electron chi connectivity index (χ2n) is 8.35. The highest BCUT2D eigenvalue weighted by atomic mass is 35.5. The molecule has 1 aromatic carbocycles. The van der Waals surface area contributed by atoms with Crippen molar-refractivity contribution in [1.82, 2.24) is 4.90 Å². The average Bonchev–Trinajstić information content (AvgIpc) is 2.94. The molecule has 4 heteroatoms. The third-order valence-electron chi connectivity index (χ3n) is 5.85. The number of para-hydroxylation sites is 1. The molecule has 0 spiro atoms. The summed E-state index contributed by atoms with van der Waals surface area (Å²) in [6, 6.07) is 8.75. The van der Waals surface area contributed by atoms with Crippen molar-refractivity contribution in [2.24, 2.45) is 0 Å². The van der Waals surface area contributed by atoms with Gasteiger partial charge in [0.25, 0.3) is 0 Å². The molecule has 0 aromatic heterocycles. The van der Waals surface area contributed by atoms with Crippen molar-refractivity contribution in [2.75, 3.05) is 13.1 Å². The van der Waals surface area contributed by atoms with Crippen LogP contribution in [0, 0.1) is 0 Å². The number of hydrogen-bond acceptors (Lipinski definition) is 2. The monoisotopic (exact) mass is 375 g/mol. The molecule has 0 N–H and O–H groups in total. The lowest BCUT2D eigenvalue weighted by atomic mass is 9.81. The fraction of sp³-hybridized carbons (Fsp3) is 0.591. The van der Waals surface area contributed by atoms with E-state index in [4.69, 9.17) is 16.3 Å². The fourth-order valence-corrected chi connectivity index (χ4v) is 4.38. The number of benzene rings is 1. The van der Waals surface area contributed by atoms with E-state index >= 15 is 0 Å². The van der Waals surface area contributed by atoms with Crippen LogP contribution in [0.3, 0.4) is 0 Å². The van der Waals surface area contributed by atoms with Gasteiger partial charge in [-0.2, -0.15) is 4.58 Å². The number of fused-ring (bicyclic) bond motifs is 1. The molecule has 1 atom stereocenters. The number of alkyl halides is 1. The molecule has 3 rings (SSSR count). The van der Waals surface area contributed by atoms with Crippen LogP contribution in [0.5, 0.6) is 0 Å². The maximum absolute atomic E-state index is 6.51. The van der Waals surface area contributed by atoms with Crippen LogP contribution in [-0.2, 0) is 10.2 Å². The van der Waals surface area contributed by atoms with Crippen molar-refractivity contribution in [2.45, 2.75) is 70.9 Å². The van der Waals surface area contributed by atoms with E-state index in [0.717, 1.165) is 19.0 Å². The predicted molar refractivity (Wildman–Crippen MR) is 109 cm³/mol. The largest absolute Gasteiger partial charge is 0.457 e. The minimum atomic E-state index is -0.342. The van der Waals surface area contributed by atoms with Gasteiger partial charge in [-0.15, -0.1) is 0 Å². The van der Waals surface area contributed by atoms with Crippen LogP contribution in [0.4, 0.5) is 5.69 Å². The minimum Gasteiger partial charge on any atom is -0.457 e. The summed E-state index contributed by atoms with van der Waals surface area (Å²) in [6.45, 7) is 15.2. The van der Waals surface area contributed by atoms with Crippen LogP contribution in [0.25, 0.3) is 0 Å². The highest BCUT2D eigenvalue weighted by Crippen LogP contribution is 2.42. The van der Waals surface area contributed by atoms with E-state index in [0.29, 0.717) is 0 Å². The van der Waals surface area contributed by atoms with E-state index in [1.54, 1.807) is 0 Å². The van der Waals surface area contributed by atoms with Crippen LogP contribution in [0.15, 0.2) is 36.2 Å². The Hall–Kier alpha value is -1.48. The number of unbranched alkanes of at least 4 members (excludes halogenated alkanes) is 1. The van der Waals surface area contributed by atoms with E-state index in [2.05, 4.69) is 81.4 Å². The Labute approximate surface area is 163 Å². The van der Waals surface area contributed by atoms with Crippen LogP contribution in [0.1, 0.15) is 59.9 Å². The number of hydrogen-bond donors (Lipinski definition) is 0.